The van der Waals surface area contributed by atoms with Gasteiger partial charge in [-0.3, -0.25) is 19.1 Å². The van der Waals surface area contributed by atoms with Crippen LogP contribution in [-0.2, 0) is 4.79 Å². The summed E-state index contributed by atoms with van der Waals surface area (Å²) < 4.78 is 29.1. The topological polar surface area (TPSA) is 81.4 Å². The van der Waals surface area contributed by atoms with Gasteiger partial charge in [0.05, 0.1) is 17.7 Å². The summed E-state index contributed by atoms with van der Waals surface area (Å²) in [6, 6.07) is 13.9. The van der Waals surface area contributed by atoms with E-state index in [4.69, 9.17) is 0 Å². The van der Waals surface area contributed by atoms with E-state index in [1.165, 1.54) is 30.3 Å². The third kappa shape index (κ3) is 4.93. The van der Waals surface area contributed by atoms with E-state index in [1.807, 2.05) is 11.8 Å². The van der Waals surface area contributed by atoms with E-state index in [2.05, 4.69) is 11.4 Å². The molecule has 1 aromatic heterocycles. The average molecular weight is 478 g/mol. The van der Waals surface area contributed by atoms with Crippen LogP contribution in [0.3, 0.4) is 0 Å². The SMILES string of the molecule is Cc1c(C#N)c(NC(=O)CN2CCN(C(=O)c3ccccc3F)CC2)n(-c2ccc(F)cc2)c1C. The highest BCUT2D eigenvalue weighted by molar-refractivity contribution is 5.95. The molecule has 1 aliphatic heterocycles. The number of aromatic nitrogens is 1. The Kier molecular flexibility index (Phi) is 6.94. The van der Waals surface area contributed by atoms with Crippen molar-refractivity contribution in [1.29, 1.82) is 5.26 Å². The third-order valence-corrected chi connectivity index (χ3v) is 6.30. The number of nitrogens with zero attached hydrogens (tertiary/aromatic N) is 4. The second-order valence-corrected chi connectivity index (χ2v) is 8.45. The van der Waals surface area contributed by atoms with E-state index in [0.29, 0.717) is 43.2 Å². The summed E-state index contributed by atoms with van der Waals surface area (Å²) in [6.07, 6.45) is 0. The van der Waals surface area contributed by atoms with Crippen LogP contribution in [0, 0.1) is 36.8 Å². The minimum absolute atomic E-state index is 0.0371. The zero-order valence-corrected chi connectivity index (χ0v) is 19.5. The number of nitriles is 1. The molecule has 1 saturated heterocycles. The number of amides is 2. The Morgan fingerprint density at radius 1 is 1.00 bits per heavy atom. The molecule has 35 heavy (non-hydrogen) atoms. The maximum Gasteiger partial charge on any atom is 0.256 e. The molecular weight excluding hydrogens is 452 g/mol. The molecule has 2 aromatic carbocycles. The largest absolute Gasteiger partial charge is 0.336 e. The lowest BCUT2D eigenvalue weighted by Crippen LogP contribution is -2.50. The van der Waals surface area contributed by atoms with Gasteiger partial charge in [0.15, 0.2) is 0 Å². The van der Waals surface area contributed by atoms with Gasteiger partial charge in [0, 0.05) is 37.6 Å². The first-order chi connectivity index (χ1) is 16.8. The number of carbonyl (C=O) groups excluding carboxylic acids is 2. The van der Waals surface area contributed by atoms with E-state index in [9.17, 15) is 23.6 Å². The van der Waals surface area contributed by atoms with E-state index in [0.717, 1.165) is 11.3 Å². The summed E-state index contributed by atoms with van der Waals surface area (Å²) in [5.41, 5.74) is 2.51. The Hall–Kier alpha value is -4.03. The summed E-state index contributed by atoms with van der Waals surface area (Å²) in [5, 5.41) is 12.6. The van der Waals surface area contributed by atoms with Crippen LogP contribution in [0.15, 0.2) is 48.5 Å². The molecule has 0 radical (unpaired) electrons. The van der Waals surface area contributed by atoms with Crippen molar-refractivity contribution >= 4 is 17.6 Å². The number of anilines is 1. The van der Waals surface area contributed by atoms with Crippen LogP contribution in [-0.4, -0.2) is 58.9 Å². The monoisotopic (exact) mass is 477 g/mol. The molecule has 9 heteroatoms. The number of halogens is 2. The van der Waals surface area contributed by atoms with Crippen LogP contribution in [0.1, 0.15) is 27.2 Å². The second kappa shape index (κ2) is 10.1. The number of rotatable bonds is 5. The van der Waals surface area contributed by atoms with Crippen molar-refractivity contribution in [3.8, 4) is 11.8 Å². The lowest BCUT2D eigenvalue weighted by atomic mass is 10.1. The Bertz CT molecular complexity index is 1300. The molecule has 0 saturated carbocycles. The zero-order chi connectivity index (χ0) is 25.1. The Labute approximate surface area is 202 Å². The maximum atomic E-state index is 14.0. The molecule has 0 aliphatic carbocycles. The molecule has 0 unspecified atom stereocenters. The van der Waals surface area contributed by atoms with E-state index in [-0.39, 0.29) is 29.7 Å². The minimum atomic E-state index is -0.553. The van der Waals surface area contributed by atoms with Crippen LogP contribution in [0.4, 0.5) is 14.6 Å². The van der Waals surface area contributed by atoms with Crippen molar-refractivity contribution < 1.29 is 18.4 Å². The number of piperazine rings is 1. The summed E-state index contributed by atoms with van der Waals surface area (Å²) in [6.45, 7) is 5.35. The number of hydrogen-bond donors (Lipinski definition) is 1. The highest BCUT2D eigenvalue weighted by Gasteiger charge is 2.26. The summed E-state index contributed by atoms with van der Waals surface area (Å²) >= 11 is 0. The predicted molar refractivity (Wildman–Crippen MR) is 127 cm³/mol. The van der Waals surface area contributed by atoms with Gasteiger partial charge >= 0.3 is 0 Å². The van der Waals surface area contributed by atoms with Crippen molar-refractivity contribution in [1.82, 2.24) is 14.4 Å². The van der Waals surface area contributed by atoms with Gasteiger partial charge in [-0.05, 0) is 55.8 Å². The van der Waals surface area contributed by atoms with Crippen molar-refractivity contribution in [2.75, 3.05) is 38.0 Å². The summed E-state index contributed by atoms with van der Waals surface area (Å²) in [5.74, 6) is -1.27. The van der Waals surface area contributed by atoms with Crippen molar-refractivity contribution in [2.45, 2.75) is 13.8 Å². The average Bonchev–Trinajstić information content (AvgIpc) is 3.08. The van der Waals surface area contributed by atoms with Crippen LogP contribution in [0.5, 0.6) is 0 Å². The van der Waals surface area contributed by atoms with Gasteiger partial charge in [-0.15, -0.1) is 0 Å². The smallest absolute Gasteiger partial charge is 0.256 e. The van der Waals surface area contributed by atoms with Crippen molar-refractivity contribution in [2.24, 2.45) is 0 Å². The Morgan fingerprint density at radius 2 is 1.66 bits per heavy atom. The number of carbonyl (C=O) groups is 2. The van der Waals surface area contributed by atoms with E-state index >= 15 is 0 Å². The first kappa shape index (κ1) is 24.1. The van der Waals surface area contributed by atoms with Gasteiger partial charge in [-0.2, -0.15) is 5.26 Å². The molecule has 0 atom stereocenters. The van der Waals surface area contributed by atoms with Gasteiger partial charge in [0.25, 0.3) is 5.91 Å². The lowest BCUT2D eigenvalue weighted by molar-refractivity contribution is -0.117. The molecule has 4 rings (SSSR count). The molecule has 1 N–H and O–H groups in total. The molecule has 2 amide bonds. The molecule has 0 spiro atoms. The summed E-state index contributed by atoms with van der Waals surface area (Å²) in [7, 11) is 0. The molecular formula is C26H25F2N5O2. The fraction of sp³-hybridized carbons (Fsp3) is 0.269. The number of hydrogen-bond acceptors (Lipinski definition) is 4. The van der Waals surface area contributed by atoms with Crippen LogP contribution in [0.2, 0.25) is 0 Å². The lowest BCUT2D eigenvalue weighted by Gasteiger charge is -2.34. The first-order valence-corrected chi connectivity index (χ1v) is 11.2. The molecule has 7 nitrogen and oxygen atoms in total. The van der Waals surface area contributed by atoms with E-state index < -0.39 is 5.82 Å². The standard InChI is InChI=1S/C26H25F2N5O2/c1-17-18(2)33(20-9-7-19(27)8-10-20)25(22(17)15-29)30-24(34)16-31-11-13-32(14-12-31)26(35)21-5-3-4-6-23(21)28/h3-10H,11-14,16H2,1-2H3,(H,30,34). The Morgan fingerprint density at radius 3 is 2.29 bits per heavy atom. The van der Waals surface area contributed by atoms with Crippen molar-refractivity contribution in [3.05, 3.63) is 82.5 Å². The second-order valence-electron chi connectivity index (χ2n) is 8.45. The molecule has 1 fully saturated rings. The van der Waals surface area contributed by atoms with Gasteiger partial charge < -0.3 is 10.2 Å². The zero-order valence-electron chi connectivity index (χ0n) is 19.5. The maximum absolute atomic E-state index is 14.0. The van der Waals surface area contributed by atoms with Crippen LogP contribution < -0.4 is 5.32 Å². The fourth-order valence-electron chi connectivity index (χ4n) is 4.26. The highest BCUT2D eigenvalue weighted by atomic mass is 19.1. The van der Waals surface area contributed by atoms with Crippen LogP contribution >= 0.6 is 0 Å². The molecule has 180 valence electrons. The fourth-order valence-corrected chi connectivity index (χ4v) is 4.26. The Balaban J connectivity index is 1.44. The van der Waals surface area contributed by atoms with E-state index in [1.54, 1.807) is 34.6 Å². The van der Waals surface area contributed by atoms with Gasteiger partial charge in [0.2, 0.25) is 5.91 Å². The van der Waals surface area contributed by atoms with Gasteiger partial charge in [0.1, 0.15) is 23.5 Å². The molecule has 0 bridgehead atoms. The number of nitrogens with one attached hydrogen (secondary N) is 1. The quantitative estimate of drug-likeness (QED) is 0.609. The highest BCUT2D eigenvalue weighted by Crippen LogP contribution is 2.30. The first-order valence-electron chi connectivity index (χ1n) is 11.2. The summed E-state index contributed by atoms with van der Waals surface area (Å²) in [4.78, 5) is 29.0. The third-order valence-electron chi connectivity index (χ3n) is 6.30. The van der Waals surface area contributed by atoms with Crippen molar-refractivity contribution in [3.63, 3.8) is 0 Å². The molecule has 1 aliphatic rings. The van der Waals surface area contributed by atoms with Crippen LogP contribution in [0.25, 0.3) is 5.69 Å². The predicted octanol–water partition coefficient (Wildman–Crippen LogP) is 3.64. The normalized spacial score (nSPS) is 14.0. The minimum Gasteiger partial charge on any atom is -0.336 e. The molecule has 3 aromatic rings. The van der Waals surface area contributed by atoms with Gasteiger partial charge in [-0.1, -0.05) is 12.1 Å². The van der Waals surface area contributed by atoms with Gasteiger partial charge in [-0.25, -0.2) is 8.78 Å². The number of benzene rings is 2. The molecule has 2 heterocycles.